The van der Waals surface area contributed by atoms with Gasteiger partial charge in [-0.2, -0.15) is 5.10 Å². The normalized spacial score (nSPS) is 21.7. The molecule has 2 rings (SSSR count). The third-order valence-corrected chi connectivity index (χ3v) is 3.81. The van der Waals surface area contributed by atoms with Gasteiger partial charge in [0.15, 0.2) is 5.03 Å². The second kappa shape index (κ2) is 4.16. The maximum atomic E-state index is 11.8. The van der Waals surface area contributed by atoms with Crippen molar-refractivity contribution in [2.75, 3.05) is 0 Å². The van der Waals surface area contributed by atoms with E-state index in [0.717, 1.165) is 19.3 Å². The second-order valence-electron chi connectivity index (χ2n) is 3.52. The molecular weight excluding hydrogens is 214 g/mol. The van der Waals surface area contributed by atoms with Crippen LogP contribution < -0.4 is 4.72 Å². The molecule has 1 atom stereocenters. The molecule has 0 radical (unpaired) electrons. The first-order valence-corrected chi connectivity index (χ1v) is 6.33. The highest BCUT2D eigenvalue weighted by molar-refractivity contribution is 7.89. The predicted octanol–water partition coefficient (Wildman–Crippen LogP) is 0.797. The molecular formula is C9H13N3O2S. The van der Waals surface area contributed by atoms with Crippen LogP contribution in [0.25, 0.3) is 0 Å². The van der Waals surface area contributed by atoms with E-state index >= 15 is 0 Å². The van der Waals surface area contributed by atoms with E-state index in [4.69, 9.17) is 0 Å². The van der Waals surface area contributed by atoms with Gasteiger partial charge in [-0.1, -0.05) is 12.2 Å². The second-order valence-corrected chi connectivity index (χ2v) is 5.21. The minimum Gasteiger partial charge on any atom is -0.266 e. The largest absolute Gasteiger partial charge is 0.266 e. The summed E-state index contributed by atoms with van der Waals surface area (Å²) in [6, 6.07) is 1.45. The molecule has 0 fully saturated rings. The number of hydrogen-bond donors (Lipinski definition) is 2. The molecule has 5 nitrogen and oxygen atoms in total. The molecule has 0 aromatic carbocycles. The Hall–Kier alpha value is -1.14. The Bertz CT molecular complexity index is 436. The molecule has 82 valence electrons. The Labute approximate surface area is 88.6 Å². The quantitative estimate of drug-likeness (QED) is 0.750. The summed E-state index contributed by atoms with van der Waals surface area (Å²) in [7, 11) is -3.42. The van der Waals surface area contributed by atoms with E-state index in [1.54, 1.807) is 0 Å². The van der Waals surface area contributed by atoms with Crippen LogP contribution in [0.5, 0.6) is 0 Å². The van der Waals surface area contributed by atoms with E-state index in [1.165, 1.54) is 12.3 Å². The molecule has 0 aliphatic heterocycles. The zero-order valence-corrected chi connectivity index (χ0v) is 9.00. The van der Waals surface area contributed by atoms with Crippen LogP contribution in [0.3, 0.4) is 0 Å². The van der Waals surface area contributed by atoms with E-state index in [9.17, 15) is 8.42 Å². The summed E-state index contributed by atoms with van der Waals surface area (Å²) < 4.78 is 26.2. The molecule has 15 heavy (non-hydrogen) atoms. The molecule has 2 N–H and O–H groups in total. The highest BCUT2D eigenvalue weighted by Gasteiger charge is 2.20. The summed E-state index contributed by atoms with van der Waals surface area (Å²) in [5.41, 5.74) is 0. The van der Waals surface area contributed by atoms with Crippen LogP contribution in [0, 0.1) is 0 Å². The van der Waals surface area contributed by atoms with Crippen molar-refractivity contribution in [1.82, 2.24) is 14.9 Å². The summed E-state index contributed by atoms with van der Waals surface area (Å²) in [4.78, 5) is 0. The first kappa shape index (κ1) is 10.4. The van der Waals surface area contributed by atoms with Crippen molar-refractivity contribution >= 4 is 10.0 Å². The first-order chi connectivity index (χ1) is 7.18. The average molecular weight is 227 g/mol. The molecule has 0 bridgehead atoms. The highest BCUT2D eigenvalue weighted by atomic mass is 32.2. The molecule has 0 spiro atoms. The van der Waals surface area contributed by atoms with Crippen molar-refractivity contribution in [2.24, 2.45) is 0 Å². The molecule has 6 heteroatoms. The zero-order chi connectivity index (χ0) is 10.7. The zero-order valence-electron chi connectivity index (χ0n) is 8.18. The first-order valence-electron chi connectivity index (χ1n) is 4.85. The van der Waals surface area contributed by atoms with E-state index in [2.05, 4.69) is 21.0 Å². The molecule has 1 heterocycles. The number of nitrogens with zero attached hydrogens (tertiary/aromatic N) is 1. The monoisotopic (exact) mass is 227 g/mol. The number of H-pyrrole nitrogens is 1. The smallest absolute Gasteiger partial charge is 0.257 e. The van der Waals surface area contributed by atoms with E-state index in [0.29, 0.717) is 0 Å². The van der Waals surface area contributed by atoms with Gasteiger partial charge in [-0.05, 0) is 25.3 Å². The van der Waals surface area contributed by atoms with Crippen molar-refractivity contribution < 1.29 is 8.42 Å². The number of rotatable bonds is 3. The Kier molecular flexibility index (Phi) is 2.88. The van der Waals surface area contributed by atoms with Crippen LogP contribution in [-0.4, -0.2) is 24.7 Å². The maximum absolute atomic E-state index is 11.8. The van der Waals surface area contributed by atoms with Crippen molar-refractivity contribution in [1.29, 1.82) is 0 Å². The lowest BCUT2D eigenvalue weighted by Gasteiger charge is -2.18. The lowest BCUT2D eigenvalue weighted by Crippen LogP contribution is -2.35. The van der Waals surface area contributed by atoms with Gasteiger partial charge in [-0.3, -0.25) is 5.10 Å². The minimum atomic E-state index is -3.42. The van der Waals surface area contributed by atoms with Gasteiger partial charge < -0.3 is 0 Å². The fourth-order valence-electron chi connectivity index (χ4n) is 1.58. The summed E-state index contributed by atoms with van der Waals surface area (Å²) in [5.74, 6) is 0. The Morgan fingerprint density at radius 3 is 2.93 bits per heavy atom. The minimum absolute atomic E-state index is 0.00306. The van der Waals surface area contributed by atoms with Gasteiger partial charge in [-0.25, -0.2) is 13.1 Å². The van der Waals surface area contributed by atoms with E-state index in [-0.39, 0.29) is 11.1 Å². The Balaban J connectivity index is 2.08. The fourth-order valence-corrected chi connectivity index (χ4v) is 2.77. The number of aromatic nitrogens is 2. The number of allylic oxidation sites excluding steroid dienone is 1. The Morgan fingerprint density at radius 1 is 1.47 bits per heavy atom. The molecule has 1 unspecified atom stereocenters. The summed E-state index contributed by atoms with van der Waals surface area (Å²) in [6.07, 6.45) is 8.04. The van der Waals surface area contributed by atoms with Crippen LogP contribution in [-0.2, 0) is 10.0 Å². The molecule has 1 aliphatic carbocycles. The lowest BCUT2D eigenvalue weighted by molar-refractivity contribution is 0.520. The lowest BCUT2D eigenvalue weighted by atomic mass is 10.0. The average Bonchev–Trinajstić information content (AvgIpc) is 2.71. The fraction of sp³-hybridized carbons (Fsp3) is 0.444. The maximum Gasteiger partial charge on any atom is 0.257 e. The standard InChI is InChI=1S/C9H13N3O2S/c13-15(14,9-6-7-10-11-9)12-8-4-2-1-3-5-8/h1-2,6-8,12H,3-5H2,(H,10,11). The summed E-state index contributed by atoms with van der Waals surface area (Å²) in [5, 5.41) is 6.19. The van der Waals surface area contributed by atoms with Gasteiger partial charge in [0.1, 0.15) is 0 Å². The van der Waals surface area contributed by atoms with Crippen molar-refractivity contribution in [2.45, 2.75) is 30.3 Å². The molecule has 0 amide bonds. The third kappa shape index (κ3) is 2.45. The van der Waals surface area contributed by atoms with Crippen LogP contribution in [0.2, 0.25) is 0 Å². The van der Waals surface area contributed by atoms with Crippen LogP contribution in [0.4, 0.5) is 0 Å². The topological polar surface area (TPSA) is 74.8 Å². The van der Waals surface area contributed by atoms with Crippen molar-refractivity contribution in [3.05, 3.63) is 24.4 Å². The molecule has 1 aromatic heterocycles. The number of nitrogens with one attached hydrogen (secondary N) is 2. The highest BCUT2D eigenvalue weighted by Crippen LogP contribution is 2.13. The predicted molar refractivity (Wildman–Crippen MR) is 55.7 cm³/mol. The van der Waals surface area contributed by atoms with Gasteiger partial charge >= 0.3 is 0 Å². The van der Waals surface area contributed by atoms with Crippen LogP contribution in [0.1, 0.15) is 19.3 Å². The van der Waals surface area contributed by atoms with Gasteiger partial charge in [0.25, 0.3) is 10.0 Å². The molecule has 0 saturated heterocycles. The third-order valence-electron chi connectivity index (χ3n) is 2.36. The molecule has 1 aliphatic rings. The number of hydrogen-bond acceptors (Lipinski definition) is 3. The number of aromatic amines is 1. The van der Waals surface area contributed by atoms with E-state index < -0.39 is 10.0 Å². The summed E-state index contributed by atoms with van der Waals surface area (Å²) >= 11 is 0. The summed E-state index contributed by atoms with van der Waals surface area (Å²) in [6.45, 7) is 0. The van der Waals surface area contributed by atoms with Crippen LogP contribution in [0.15, 0.2) is 29.4 Å². The van der Waals surface area contributed by atoms with Crippen molar-refractivity contribution in [3.63, 3.8) is 0 Å². The van der Waals surface area contributed by atoms with Crippen molar-refractivity contribution in [3.8, 4) is 0 Å². The molecule has 0 saturated carbocycles. The molecule has 1 aromatic rings. The number of sulfonamides is 1. The Morgan fingerprint density at radius 2 is 2.33 bits per heavy atom. The van der Waals surface area contributed by atoms with Gasteiger partial charge in [0.05, 0.1) is 6.20 Å². The van der Waals surface area contributed by atoms with Gasteiger partial charge in [-0.15, -0.1) is 0 Å². The van der Waals surface area contributed by atoms with E-state index in [1.807, 2.05) is 6.08 Å². The van der Waals surface area contributed by atoms with Gasteiger partial charge in [0.2, 0.25) is 0 Å². The van der Waals surface area contributed by atoms with Gasteiger partial charge in [0, 0.05) is 6.04 Å². The van der Waals surface area contributed by atoms with Crippen LogP contribution >= 0.6 is 0 Å². The SMILES string of the molecule is O=S(=O)(NC1CC=CCC1)c1ccn[nH]1.